The molecule has 1 aliphatic heterocycles. The minimum Gasteiger partial charge on any atom is -0.367 e. The van der Waals surface area contributed by atoms with Crippen LogP contribution in [0.5, 0.6) is 0 Å². The molecule has 1 saturated heterocycles. The van der Waals surface area contributed by atoms with Crippen LogP contribution in [0.4, 0.5) is 16.2 Å². The molecule has 2 amide bonds. The van der Waals surface area contributed by atoms with Gasteiger partial charge in [-0.2, -0.15) is 0 Å². The fraction of sp³-hybridized carbons (Fsp3) is 0.435. The van der Waals surface area contributed by atoms with Crippen LogP contribution in [0.3, 0.4) is 0 Å². The Balaban J connectivity index is 1.69. The first-order chi connectivity index (χ1) is 13.3. The largest absolute Gasteiger partial charge is 0.367 e. The minimum atomic E-state index is -0.0190. The molecule has 0 aliphatic carbocycles. The predicted molar refractivity (Wildman–Crippen MR) is 121 cm³/mol. The van der Waals surface area contributed by atoms with Crippen LogP contribution < -0.4 is 10.2 Å². The van der Waals surface area contributed by atoms with Crippen molar-refractivity contribution in [2.45, 2.75) is 38.0 Å². The zero-order valence-electron chi connectivity index (χ0n) is 17.6. The maximum atomic E-state index is 13.0. The van der Waals surface area contributed by atoms with Gasteiger partial charge in [-0.25, -0.2) is 4.79 Å². The van der Waals surface area contributed by atoms with Crippen molar-refractivity contribution in [1.82, 2.24) is 4.90 Å². The number of para-hydroxylation sites is 2. The van der Waals surface area contributed by atoms with Gasteiger partial charge in [-0.05, 0) is 41.9 Å². The number of nitrogens with one attached hydrogen (secondary N) is 1. The molecule has 2 aromatic rings. The molecule has 0 atom stereocenters. The predicted octanol–water partition coefficient (Wildman–Crippen LogP) is 5.37. The fourth-order valence-electron chi connectivity index (χ4n) is 3.69. The number of thioether (sulfide) groups is 1. The van der Waals surface area contributed by atoms with Crippen molar-refractivity contribution in [2.75, 3.05) is 42.7 Å². The van der Waals surface area contributed by atoms with Gasteiger partial charge in [0.2, 0.25) is 0 Å². The molecule has 2 aromatic carbocycles. The van der Waals surface area contributed by atoms with Crippen molar-refractivity contribution < 1.29 is 4.79 Å². The van der Waals surface area contributed by atoms with Gasteiger partial charge in [-0.1, -0.05) is 51.1 Å². The molecule has 0 saturated carbocycles. The third kappa shape index (κ3) is 4.46. The lowest BCUT2D eigenvalue weighted by molar-refractivity contribution is 0.208. The first-order valence-corrected chi connectivity index (χ1v) is 11.1. The van der Waals surface area contributed by atoms with Gasteiger partial charge in [0.25, 0.3) is 0 Å². The lowest BCUT2D eigenvalue weighted by Gasteiger charge is -2.37. The van der Waals surface area contributed by atoms with Crippen LogP contribution in [0.2, 0.25) is 0 Å². The summed E-state index contributed by atoms with van der Waals surface area (Å²) in [5.74, 6) is 0. The van der Waals surface area contributed by atoms with Crippen LogP contribution in [-0.4, -0.2) is 43.4 Å². The van der Waals surface area contributed by atoms with Crippen molar-refractivity contribution in [2.24, 2.45) is 0 Å². The van der Waals surface area contributed by atoms with Crippen LogP contribution in [0.15, 0.2) is 47.4 Å². The second-order valence-corrected chi connectivity index (χ2v) is 9.17. The SMILES string of the molecule is CSc1ccccc1N1CCN(C(=O)Nc2c(C)cccc2C(C)(C)C)CC1. The van der Waals surface area contributed by atoms with E-state index in [0.29, 0.717) is 0 Å². The van der Waals surface area contributed by atoms with Gasteiger partial charge in [0.05, 0.1) is 5.69 Å². The molecule has 1 N–H and O–H groups in total. The minimum absolute atomic E-state index is 0.00222. The van der Waals surface area contributed by atoms with E-state index in [-0.39, 0.29) is 11.4 Å². The van der Waals surface area contributed by atoms with Gasteiger partial charge >= 0.3 is 6.03 Å². The smallest absolute Gasteiger partial charge is 0.321 e. The average molecular weight is 398 g/mol. The van der Waals surface area contributed by atoms with Crippen molar-refractivity contribution >= 4 is 29.2 Å². The molecule has 28 heavy (non-hydrogen) atoms. The summed E-state index contributed by atoms with van der Waals surface area (Å²) in [6.45, 7) is 11.8. The fourth-order valence-corrected chi connectivity index (χ4v) is 4.31. The number of nitrogens with zero attached hydrogens (tertiary/aromatic N) is 2. The third-order valence-electron chi connectivity index (χ3n) is 5.31. The first-order valence-electron chi connectivity index (χ1n) is 9.85. The van der Waals surface area contributed by atoms with Gasteiger partial charge < -0.3 is 15.1 Å². The van der Waals surface area contributed by atoms with E-state index in [0.717, 1.165) is 37.4 Å². The molecule has 1 aliphatic rings. The third-order valence-corrected chi connectivity index (χ3v) is 6.09. The maximum Gasteiger partial charge on any atom is 0.321 e. The van der Waals surface area contributed by atoms with Crippen molar-refractivity contribution in [1.29, 1.82) is 0 Å². The number of hydrogen-bond acceptors (Lipinski definition) is 3. The van der Waals surface area contributed by atoms with Crippen LogP contribution >= 0.6 is 11.8 Å². The van der Waals surface area contributed by atoms with Crippen LogP contribution in [0.25, 0.3) is 0 Å². The van der Waals surface area contributed by atoms with Gasteiger partial charge in [0.15, 0.2) is 0 Å². The van der Waals surface area contributed by atoms with Crippen molar-refractivity contribution in [3.63, 3.8) is 0 Å². The van der Waals surface area contributed by atoms with E-state index in [1.54, 1.807) is 11.8 Å². The molecule has 1 heterocycles. The average Bonchev–Trinajstić information content (AvgIpc) is 2.68. The summed E-state index contributed by atoms with van der Waals surface area (Å²) in [7, 11) is 0. The Morgan fingerprint density at radius 1 is 1.00 bits per heavy atom. The summed E-state index contributed by atoms with van der Waals surface area (Å²) >= 11 is 1.77. The van der Waals surface area contributed by atoms with Gasteiger partial charge in [0.1, 0.15) is 0 Å². The van der Waals surface area contributed by atoms with Crippen molar-refractivity contribution in [3.05, 3.63) is 53.6 Å². The normalized spacial score (nSPS) is 14.9. The second kappa shape index (κ2) is 8.48. The highest BCUT2D eigenvalue weighted by Crippen LogP contribution is 2.32. The molecule has 5 heteroatoms. The number of amides is 2. The molecule has 150 valence electrons. The lowest BCUT2D eigenvalue weighted by atomic mass is 9.84. The molecule has 0 aromatic heterocycles. The summed E-state index contributed by atoms with van der Waals surface area (Å²) in [5, 5.41) is 3.20. The topological polar surface area (TPSA) is 35.6 Å². The standard InChI is InChI=1S/C23H31N3OS/c1-17-9-8-10-18(23(2,3)4)21(17)24-22(27)26-15-13-25(14-16-26)19-11-6-7-12-20(19)28-5/h6-12H,13-16H2,1-5H3,(H,24,27). The Labute approximate surface area is 173 Å². The monoisotopic (exact) mass is 397 g/mol. The number of benzene rings is 2. The van der Waals surface area contributed by atoms with E-state index in [2.05, 4.69) is 86.6 Å². The molecule has 3 rings (SSSR count). The highest BCUT2D eigenvalue weighted by Gasteiger charge is 2.25. The number of carbonyl (C=O) groups excluding carboxylic acids is 1. The Morgan fingerprint density at radius 3 is 2.32 bits per heavy atom. The molecular formula is C23H31N3OS. The lowest BCUT2D eigenvalue weighted by Crippen LogP contribution is -2.50. The van der Waals surface area contributed by atoms with Gasteiger partial charge in [-0.3, -0.25) is 0 Å². The maximum absolute atomic E-state index is 13.0. The van der Waals surface area contributed by atoms with E-state index in [4.69, 9.17) is 0 Å². The summed E-state index contributed by atoms with van der Waals surface area (Å²) in [4.78, 5) is 18.6. The van der Waals surface area contributed by atoms with E-state index >= 15 is 0 Å². The summed E-state index contributed by atoms with van der Waals surface area (Å²) in [6.07, 6.45) is 2.11. The van der Waals surface area contributed by atoms with E-state index in [1.807, 2.05) is 4.90 Å². The van der Waals surface area contributed by atoms with Crippen LogP contribution in [0, 0.1) is 6.92 Å². The number of aryl methyl sites for hydroxylation is 1. The highest BCUT2D eigenvalue weighted by atomic mass is 32.2. The van der Waals surface area contributed by atoms with Crippen molar-refractivity contribution in [3.8, 4) is 0 Å². The number of piperazine rings is 1. The Hall–Kier alpha value is -2.14. The van der Waals surface area contributed by atoms with E-state index in [9.17, 15) is 4.79 Å². The number of carbonyl (C=O) groups is 1. The summed E-state index contributed by atoms with van der Waals surface area (Å²) < 4.78 is 0. The molecular weight excluding hydrogens is 366 g/mol. The Bertz CT molecular complexity index is 836. The van der Waals surface area contributed by atoms with Crippen LogP contribution in [0.1, 0.15) is 31.9 Å². The van der Waals surface area contributed by atoms with Gasteiger partial charge in [-0.15, -0.1) is 11.8 Å². The molecule has 0 unspecified atom stereocenters. The zero-order valence-corrected chi connectivity index (χ0v) is 18.4. The summed E-state index contributed by atoms with van der Waals surface area (Å²) in [5.41, 5.74) is 4.48. The molecule has 1 fully saturated rings. The number of anilines is 2. The molecule has 0 bridgehead atoms. The van der Waals surface area contributed by atoms with E-state index < -0.39 is 0 Å². The number of urea groups is 1. The summed E-state index contributed by atoms with van der Waals surface area (Å²) in [6, 6.07) is 14.7. The first kappa shape index (κ1) is 20.6. The Morgan fingerprint density at radius 2 is 1.68 bits per heavy atom. The number of rotatable bonds is 3. The highest BCUT2D eigenvalue weighted by molar-refractivity contribution is 7.98. The quantitative estimate of drug-likeness (QED) is 0.708. The second-order valence-electron chi connectivity index (χ2n) is 8.32. The number of hydrogen-bond donors (Lipinski definition) is 1. The molecule has 4 nitrogen and oxygen atoms in total. The molecule has 0 radical (unpaired) electrons. The van der Waals surface area contributed by atoms with E-state index in [1.165, 1.54) is 16.1 Å². The van der Waals surface area contributed by atoms with Crippen LogP contribution in [-0.2, 0) is 5.41 Å². The van der Waals surface area contributed by atoms with Gasteiger partial charge in [0, 0.05) is 36.8 Å². The molecule has 0 spiro atoms. The zero-order chi connectivity index (χ0) is 20.3. The Kier molecular flexibility index (Phi) is 6.23.